The van der Waals surface area contributed by atoms with Crippen molar-refractivity contribution < 1.29 is 19.0 Å². The summed E-state index contributed by atoms with van der Waals surface area (Å²) >= 11 is 0. The Bertz CT molecular complexity index is 301. The van der Waals surface area contributed by atoms with E-state index in [1.165, 1.54) is 19.4 Å². The molecule has 2 unspecified atom stereocenters. The molecule has 2 heterocycles. The number of fused-ring (bicyclic) bond motifs is 1. The van der Waals surface area contributed by atoms with Crippen LogP contribution in [0.3, 0.4) is 0 Å². The lowest BCUT2D eigenvalue weighted by atomic mass is 10.2. The van der Waals surface area contributed by atoms with E-state index in [2.05, 4.69) is 10.2 Å². The van der Waals surface area contributed by atoms with Gasteiger partial charge in [-0.1, -0.05) is 0 Å². The molecule has 2 atom stereocenters. The first-order valence-electron chi connectivity index (χ1n) is 7.59. The monoisotopic (exact) mass is 286 g/mol. The van der Waals surface area contributed by atoms with Gasteiger partial charge in [-0.3, -0.25) is 4.90 Å². The number of hydrogen-bond donors (Lipinski definition) is 1. The third-order valence-corrected chi connectivity index (χ3v) is 3.78. The summed E-state index contributed by atoms with van der Waals surface area (Å²) in [7, 11) is 0. The lowest BCUT2D eigenvalue weighted by Gasteiger charge is -2.35. The van der Waals surface area contributed by atoms with Gasteiger partial charge in [-0.2, -0.15) is 0 Å². The molecule has 0 amide bonds. The van der Waals surface area contributed by atoms with Crippen molar-refractivity contribution in [3.63, 3.8) is 0 Å². The molecule has 0 spiro atoms. The molecule has 0 bridgehead atoms. The van der Waals surface area contributed by atoms with E-state index >= 15 is 0 Å². The summed E-state index contributed by atoms with van der Waals surface area (Å²) in [5.41, 5.74) is 0. The number of carbonyl (C=O) groups is 1. The second-order valence-electron chi connectivity index (χ2n) is 5.31. The zero-order valence-electron chi connectivity index (χ0n) is 12.3. The molecule has 1 N–H and O–H groups in total. The summed E-state index contributed by atoms with van der Waals surface area (Å²) < 4.78 is 15.8. The molecule has 20 heavy (non-hydrogen) atoms. The van der Waals surface area contributed by atoms with Gasteiger partial charge in [-0.05, 0) is 26.3 Å². The van der Waals surface area contributed by atoms with E-state index in [1.807, 2.05) is 0 Å². The van der Waals surface area contributed by atoms with Crippen LogP contribution in [0.1, 0.15) is 19.8 Å². The van der Waals surface area contributed by atoms with Gasteiger partial charge >= 0.3 is 5.97 Å². The zero-order valence-corrected chi connectivity index (χ0v) is 12.3. The van der Waals surface area contributed by atoms with E-state index in [1.54, 1.807) is 6.92 Å². The van der Waals surface area contributed by atoms with Crippen LogP contribution in [0.25, 0.3) is 0 Å². The fraction of sp³-hybridized carbons (Fsp3) is 0.929. The molecule has 2 saturated heterocycles. The number of hydrogen-bond acceptors (Lipinski definition) is 6. The highest BCUT2D eigenvalue weighted by atomic mass is 16.6. The van der Waals surface area contributed by atoms with E-state index in [0.717, 1.165) is 26.2 Å². The molecule has 6 heteroatoms. The number of nitrogens with one attached hydrogen (secondary N) is 1. The summed E-state index contributed by atoms with van der Waals surface area (Å²) in [6.45, 7) is 7.41. The average Bonchev–Trinajstić information content (AvgIpc) is 2.90. The van der Waals surface area contributed by atoms with Gasteiger partial charge < -0.3 is 19.5 Å². The molecule has 0 saturated carbocycles. The van der Waals surface area contributed by atoms with Crippen molar-refractivity contribution in [2.75, 3.05) is 52.6 Å². The Kier molecular flexibility index (Phi) is 6.72. The van der Waals surface area contributed by atoms with Gasteiger partial charge in [0.15, 0.2) is 0 Å². The van der Waals surface area contributed by atoms with Gasteiger partial charge in [-0.25, -0.2) is 4.79 Å². The standard InChI is InChI=1S/C14H26N2O4/c1-2-19-14(17)11-18-7-5-15-8-13-9-16-6-3-4-12(16)10-20-13/h12-13,15H,2-11H2,1H3. The Labute approximate surface area is 120 Å². The summed E-state index contributed by atoms with van der Waals surface area (Å²) in [6, 6.07) is 0.652. The zero-order chi connectivity index (χ0) is 14.2. The normalized spacial score (nSPS) is 26.4. The van der Waals surface area contributed by atoms with Gasteiger partial charge in [0.25, 0.3) is 0 Å². The minimum Gasteiger partial charge on any atom is -0.464 e. The molecule has 116 valence electrons. The predicted molar refractivity (Wildman–Crippen MR) is 74.7 cm³/mol. The Morgan fingerprint density at radius 1 is 1.50 bits per heavy atom. The van der Waals surface area contributed by atoms with E-state index in [0.29, 0.717) is 19.3 Å². The summed E-state index contributed by atoms with van der Waals surface area (Å²) in [4.78, 5) is 13.6. The Hall–Kier alpha value is -0.690. The molecule has 0 aromatic rings. The smallest absolute Gasteiger partial charge is 0.332 e. The molecular weight excluding hydrogens is 260 g/mol. The highest BCUT2D eigenvalue weighted by molar-refractivity contribution is 5.70. The van der Waals surface area contributed by atoms with Crippen LogP contribution in [0.4, 0.5) is 0 Å². The van der Waals surface area contributed by atoms with E-state index in [-0.39, 0.29) is 18.7 Å². The van der Waals surface area contributed by atoms with Crippen molar-refractivity contribution in [3.8, 4) is 0 Å². The SMILES string of the molecule is CCOC(=O)COCCNCC1CN2CCCC2CO1. The lowest BCUT2D eigenvalue weighted by molar-refractivity contribution is -0.148. The van der Waals surface area contributed by atoms with Crippen LogP contribution in [0.5, 0.6) is 0 Å². The third-order valence-electron chi connectivity index (χ3n) is 3.78. The highest BCUT2D eigenvalue weighted by Gasteiger charge is 2.31. The van der Waals surface area contributed by atoms with Crippen LogP contribution >= 0.6 is 0 Å². The van der Waals surface area contributed by atoms with Crippen LogP contribution in [0, 0.1) is 0 Å². The molecule has 0 radical (unpaired) electrons. The van der Waals surface area contributed by atoms with E-state index in [9.17, 15) is 4.79 Å². The van der Waals surface area contributed by atoms with Crippen LogP contribution in [0.15, 0.2) is 0 Å². The molecule has 2 rings (SSSR count). The van der Waals surface area contributed by atoms with Crippen molar-refractivity contribution in [3.05, 3.63) is 0 Å². The van der Waals surface area contributed by atoms with Crippen molar-refractivity contribution in [1.29, 1.82) is 0 Å². The molecule has 2 aliphatic rings. The lowest BCUT2D eigenvalue weighted by Crippen LogP contribution is -2.49. The Morgan fingerprint density at radius 2 is 2.40 bits per heavy atom. The van der Waals surface area contributed by atoms with E-state index in [4.69, 9.17) is 14.2 Å². The molecule has 0 aromatic heterocycles. The van der Waals surface area contributed by atoms with Crippen LogP contribution in [-0.4, -0.2) is 75.6 Å². The molecule has 0 aromatic carbocycles. The number of morpholine rings is 1. The van der Waals surface area contributed by atoms with Crippen LogP contribution < -0.4 is 5.32 Å². The quantitative estimate of drug-likeness (QED) is 0.501. The molecular formula is C14H26N2O4. The van der Waals surface area contributed by atoms with Gasteiger partial charge in [0, 0.05) is 25.7 Å². The molecule has 2 aliphatic heterocycles. The van der Waals surface area contributed by atoms with Crippen LogP contribution in [0.2, 0.25) is 0 Å². The fourth-order valence-corrected chi connectivity index (χ4v) is 2.77. The maximum Gasteiger partial charge on any atom is 0.332 e. The first kappa shape index (κ1) is 15.7. The average molecular weight is 286 g/mol. The Balaban J connectivity index is 1.46. The second kappa shape index (κ2) is 8.56. The first-order chi connectivity index (χ1) is 9.79. The number of carbonyl (C=O) groups excluding carboxylic acids is 1. The first-order valence-corrected chi connectivity index (χ1v) is 7.59. The van der Waals surface area contributed by atoms with Crippen molar-refractivity contribution >= 4 is 5.97 Å². The Morgan fingerprint density at radius 3 is 3.25 bits per heavy atom. The van der Waals surface area contributed by atoms with Gasteiger partial charge in [0.2, 0.25) is 0 Å². The topological polar surface area (TPSA) is 60.0 Å². The molecule has 6 nitrogen and oxygen atoms in total. The molecule has 2 fully saturated rings. The summed E-state index contributed by atoms with van der Waals surface area (Å²) in [5.74, 6) is -0.303. The number of esters is 1. The van der Waals surface area contributed by atoms with Gasteiger partial charge in [0.05, 0.1) is 25.9 Å². The fourth-order valence-electron chi connectivity index (χ4n) is 2.77. The van der Waals surface area contributed by atoms with Gasteiger partial charge in [-0.15, -0.1) is 0 Å². The largest absolute Gasteiger partial charge is 0.464 e. The summed E-state index contributed by atoms with van der Waals surface area (Å²) in [5, 5.41) is 3.31. The highest BCUT2D eigenvalue weighted by Crippen LogP contribution is 2.22. The second-order valence-corrected chi connectivity index (χ2v) is 5.31. The maximum absolute atomic E-state index is 11.0. The summed E-state index contributed by atoms with van der Waals surface area (Å²) in [6.07, 6.45) is 2.85. The third kappa shape index (κ3) is 5.01. The number of nitrogens with zero attached hydrogens (tertiary/aromatic N) is 1. The molecule has 0 aliphatic carbocycles. The van der Waals surface area contributed by atoms with E-state index < -0.39 is 0 Å². The predicted octanol–water partition coefficient (Wildman–Crippen LogP) is 0.0189. The number of ether oxygens (including phenoxy) is 3. The number of rotatable bonds is 8. The van der Waals surface area contributed by atoms with Crippen LogP contribution in [-0.2, 0) is 19.0 Å². The van der Waals surface area contributed by atoms with Gasteiger partial charge in [0.1, 0.15) is 6.61 Å². The van der Waals surface area contributed by atoms with Crippen molar-refractivity contribution in [2.45, 2.75) is 31.9 Å². The van der Waals surface area contributed by atoms with Crippen molar-refractivity contribution in [1.82, 2.24) is 10.2 Å². The maximum atomic E-state index is 11.0. The minimum absolute atomic E-state index is 0.0326. The minimum atomic E-state index is -0.303. The van der Waals surface area contributed by atoms with Crippen molar-refractivity contribution in [2.24, 2.45) is 0 Å².